The van der Waals surface area contributed by atoms with Crippen LogP contribution in [0.25, 0.3) is 11.1 Å². The average molecular weight is 504 g/mol. The maximum Gasteiger partial charge on any atom is 0.407 e. The first kappa shape index (κ1) is 25.6. The molecule has 3 aromatic carbocycles. The van der Waals surface area contributed by atoms with Gasteiger partial charge in [0.2, 0.25) is 11.8 Å². The third-order valence-electron chi connectivity index (χ3n) is 6.33. The molecule has 9 heteroatoms. The van der Waals surface area contributed by atoms with Gasteiger partial charge in [0, 0.05) is 18.0 Å². The molecule has 1 aliphatic carbocycles. The number of benzene rings is 3. The minimum Gasteiger partial charge on any atom is -0.493 e. The highest BCUT2D eigenvalue weighted by Gasteiger charge is 2.30. The van der Waals surface area contributed by atoms with Crippen molar-refractivity contribution in [3.05, 3.63) is 83.4 Å². The van der Waals surface area contributed by atoms with Gasteiger partial charge in [-0.2, -0.15) is 0 Å². The van der Waals surface area contributed by atoms with Gasteiger partial charge in [-0.15, -0.1) is 0 Å². The highest BCUT2D eigenvalue weighted by molar-refractivity contribution is 5.90. The molecule has 0 unspecified atom stereocenters. The summed E-state index contributed by atoms with van der Waals surface area (Å²) in [5, 5.41) is 5.12. The average Bonchev–Trinajstić information content (AvgIpc) is 3.23. The molecule has 0 aromatic heterocycles. The maximum atomic E-state index is 12.6. The molecule has 4 rings (SSSR count). The zero-order valence-electron chi connectivity index (χ0n) is 20.7. The van der Waals surface area contributed by atoms with Gasteiger partial charge in [0.15, 0.2) is 11.5 Å². The van der Waals surface area contributed by atoms with Gasteiger partial charge in [-0.1, -0.05) is 60.7 Å². The van der Waals surface area contributed by atoms with Crippen LogP contribution in [-0.2, 0) is 20.9 Å². The number of hydrogen-bond donors (Lipinski definition) is 3. The number of hydrogen-bond acceptors (Lipinski definition) is 6. The maximum absolute atomic E-state index is 12.6. The van der Waals surface area contributed by atoms with E-state index in [-0.39, 0.29) is 25.5 Å². The summed E-state index contributed by atoms with van der Waals surface area (Å²) in [6, 6.07) is 20.0. The quantitative estimate of drug-likeness (QED) is 0.390. The molecule has 0 saturated heterocycles. The van der Waals surface area contributed by atoms with Gasteiger partial charge < -0.3 is 30.6 Å². The number of ether oxygens (including phenoxy) is 3. The van der Waals surface area contributed by atoms with E-state index in [2.05, 4.69) is 10.6 Å². The number of para-hydroxylation sites is 1. The molecule has 3 amide bonds. The van der Waals surface area contributed by atoms with Crippen LogP contribution in [0.2, 0.25) is 0 Å². The van der Waals surface area contributed by atoms with Crippen molar-refractivity contribution in [3.63, 3.8) is 0 Å². The van der Waals surface area contributed by atoms with E-state index in [0.717, 1.165) is 22.3 Å². The number of alkyl carbamates (subject to hydrolysis) is 1. The number of rotatable bonds is 10. The molecule has 0 heterocycles. The predicted octanol–water partition coefficient (Wildman–Crippen LogP) is 3.10. The largest absolute Gasteiger partial charge is 0.493 e. The first-order valence-corrected chi connectivity index (χ1v) is 11.8. The molecule has 0 bridgehead atoms. The molecule has 0 spiro atoms. The van der Waals surface area contributed by atoms with Crippen LogP contribution < -0.4 is 25.8 Å². The zero-order valence-corrected chi connectivity index (χ0v) is 20.7. The summed E-state index contributed by atoms with van der Waals surface area (Å²) in [5.74, 6) is -0.434. The molecule has 9 nitrogen and oxygen atoms in total. The smallest absolute Gasteiger partial charge is 0.407 e. The molecule has 0 fully saturated rings. The fraction of sp³-hybridized carbons (Fsp3) is 0.250. The fourth-order valence-corrected chi connectivity index (χ4v) is 4.55. The molecular formula is C28H29N3O6. The van der Waals surface area contributed by atoms with E-state index in [1.807, 2.05) is 48.5 Å². The normalized spacial score (nSPS) is 12.6. The number of carbonyl (C=O) groups is 3. The van der Waals surface area contributed by atoms with Crippen molar-refractivity contribution < 1.29 is 28.6 Å². The Morgan fingerprint density at radius 3 is 2.14 bits per heavy atom. The highest BCUT2D eigenvalue weighted by Crippen LogP contribution is 2.44. The third-order valence-corrected chi connectivity index (χ3v) is 6.33. The standard InChI is InChI=1S/C28H29N3O6/c1-35-24-13-7-8-17(26(24)36-2)15-30-25(32)14-23(27(29)33)31-28(34)37-16-22-20-11-5-3-9-18(20)19-10-4-6-12-21(19)22/h3-13,22-23H,14-16H2,1-2H3,(H2,29,33)(H,30,32)(H,31,34)/t23-/m0/s1. The van der Waals surface area contributed by atoms with Crippen LogP contribution in [0.3, 0.4) is 0 Å². The topological polar surface area (TPSA) is 129 Å². The van der Waals surface area contributed by atoms with Crippen LogP contribution in [0.15, 0.2) is 66.7 Å². The van der Waals surface area contributed by atoms with Crippen LogP contribution in [-0.4, -0.2) is 44.8 Å². The number of fused-ring (bicyclic) bond motifs is 3. The Labute approximate surface area is 214 Å². The van der Waals surface area contributed by atoms with Crippen molar-refractivity contribution in [3.8, 4) is 22.6 Å². The van der Waals surface area contributed by atoms with Gasteiger partial charge in [-0.05, 0) is 28.3 Å². The Hall–Kier alpha value is -4.53. The Balaban J connectivity index is 1.34. The minimum atomic E-state index is -1.23. The summed E-state index contributed by atoms with van der Waals surface area (Å²) < 4.78 is 16.1. The second-order valence-electron chi connectivity index (χ2n) is 8.56. The summed E-state index contributed by atoms with van der Waals surface area (Å²) >= 11 is 0. The van der Waals surface area contributed by atoms with Gasteiger partial charge in [0.05, 0.1) is 20.6 Å². The third kappa shape index (κ3) is 5.66. The monoisotopic (exact) mass is 503 g/mol. The molecule has 37 heavy (non-hydrogen) atoms. The van der Waals surface area contributed by atoms with Gasteiger partial charge in [0.1, 0.15) is 12.6 Å². The van der Waals surface area contributed by atoms with Crippen LogP contribution in [0.5, 0.6) is 11.5 Å². The summed E-state index contributed by atoms with van der Waals surface area (Å²) in [4.78, 5) is 37.0. The Morgan fingerprint density at radius 2 is 1.54 bits per heavy atom. The first-order valence-electron chi connectivity index (χ1n) is 11.8. The molecular weight excluding hydrogens is 474 g/mol. The van der Waals surface area contributed by atoms with Crippen molar-refractivity contribution in [1.82, 2.24) is 10.6 Å². The van der Waals surface area contributed by atoms with E-state index in [0.29, 0.717) is 17.1 Å². The molecule has 3 aromatic rings. The van der Waals surface area contributed by atoms with Gasteiger partial charge in [-0.25, -0.2) is 4.79 Å². The molecule has 0 aliphatic heterocycles. The molecule has 192 valence electrons. The van der Waals surface area contributed by atoms with Crippen molar-refractivity contribution in [2.45, 2.75) is 24.9 Å². The van der Waals surface area contributed by atoms with Gasteiger partial charge >= 0.3 is 6.09 Å². The van der Waals surface area contributed by atoms with Crippen LogP contribution in [0.1, 0.15) is 29.0 Å². The first-order chi connectivity index (χ1) is 17.9. The summed E-state index contributed by atoms with van der Waals surface area (Å²) in [5.41, 5.74) is 10.5. The summed E-state index contributed by atoms with van der Waals surface area (Å²) in [6.07, 6.45) is -1.17. The second-order valence-corrected chi connectivity index (χ2v) is 8.56. The lowest BCUT2D eigenvalue weighted by molar-refractivity contribution is -0.126. The molecule has 0 saturated carbocycles. The SMILES string of the molecule is COc1cccc(CNC(=O)C[C@H](NC(=O)OCC2c3ccccc3-c3ccccc32)C(N)=O)c1OC. The Bertz CT molecular complexity index is 1260. The number of nitrogens with one attached hydrogen (secondary N) is 2. The van der Waals surface area contributed by atoms with E-state index >= 15 is 0 Å². The Kier molecular flexibility index (Phi) is 7.92. The number of amides is 3. The van der Waals surface area contributed by atoms with Crippen LogP contribution in [0.4, 0.5) is 4.79 Å². The van der Waals surface area contributed by atoms with Crippen molar-refractivity contribution in [2.24, 2.45) is 5.73 Å². The summed E-state index contributed by atoms with van der Waals surface area (Å²) in [7, 11) is 3.03. The van der Waals surface area contributed by atoms with E-state index in [1.54, 1.807) is 18.2 Å². The lowest BCUT2D eigenvalue weighted by Gasteiger charge is -2.18. The van der Waals surface area contributed by atoms with Crippen molar-refractivity contribution in [1.29, 1.82) is 0 Å². The molecule has 1 aliphatic rings. The highest BCUT2D eigenvalue weighted by atomic mass is 16.5. The zero-order chi connectivity index (χ0) is 26.4. The lowest BCUT2D eigenvalue weighted by Crippen LogP contribution is -2.47. The van der Waals surface area contributed by atoms with Crippen molar-refractivity contribution in [2.75, 3.05) is 20.8 Å². The fourth-order valence-electron chi connectivity index (χ4n) is 4.55. The Morgan fingerprint density at radius 1 is 0.892 bits per heavy atom. The van der Waals surface area contributed by atoms with Crippen LogP contribution >= 0.6 is 0 Å². The van der Waals surface area contributed by atoms with Crippen molar-refractivity contribution >= 4 is 17.9 Å². The number of methoxy groups -OCH3 is 2. The molecule has 4 N–H and O–H groups in total. The molecule has 0 radical (unpaired) electrons. The lowest BCUT2D eigenvalue weighted by atomic mass is 9.98. The number of nitrogens with two attached hydrogens (primary N) is 1. The second kappa shape index (κ2) is 11.5. The predicted molar refractivity (Wildman–Crippen MR) is 137 cm³/mol. The number of primary amides is 1. The molecule has 1 atom stereocenters. The van der Waals surface area contributed by atoms with Gasteiger partial charge in [-0.3, -0.25) is 9.59 Å². The van der Waals surface area contributed by atoms with Crippen LogP contribution in [0, 0.1) is 0 Å². The minimum absolute atomic E-state index is 0.0766. The number of carbonyl (C=O) groups excluding carboxylic acids is 3. The van der Waals surface area contributed by atoms with E-state index in [1.165, 1.54) is 14.2 Å². The van der Waals surface area contributed by atoms with E-state index in [4.69, 9.17) is 19.9 Å². The van der Waals surface area contributed by atoms with E-state index in [9.17, 15) is 14.4 Å². The van der Waals surface area contributed by atoms with E-state index < -0.39 is 23.9 Å². The summed E-state index contributed by atoms with van der Waals surface area (Å²) in [6.45, 7) is 0.211. The van der Waals surface area contributed by atoms with Gasteiger partial charge in [0.25, 0.3) is 0 Å².